The van der Waals surface area contributed by atoms with Gasteiger partial charge in [-0.3, -0.25) is 0 Å². The van der Waals surface area contributed by atoms with Gasteiger partial charge < -0.3 is 10.1 Å². The van der Waals surface area contributed by atoms with E-state index in [1.165, 1.54) is 12.0 Å². The third kappa shape index (κ3) is 3.53. The van der Waals surface area contributed by atoms with Crippen molar-refractivity contribution in [2.75, 3.05) is 12.4 Å². The van der Waals surface area contributed by atoms with Crippen LogP contribution in [0.4, 0.5) is 5.69 Å². The van der Waals surface area contributed by atoms with Crippen LogP contribution in [-0.2, 0) is 4.74 Å². The summed E-state index contributed by atoms with van der Waals surface area (Å²) >= 11 is 11.0. The van der Waals surface area contributed by atoms with Crippen LogP contribution in [0.1, 0.15) is 28.2 Å². The van der Waals surface area contributed by atoms with Gasteiger partial charge in [-0.1, -0.05) is 11.6 Å². The first-order valence-corrected chi connectivity index (χ1v) is 7.94. The van der Waals surface area contributed by atoms with E-state index in [0.717, 1.165) is 4.47 Å². The minimum absolute atomic E-state index is 0.0795. The summed E-state index contributed by atoms with van der Waals surface area (Å²) in [4.78, 5) is 13.0. The summed E-state index contributed by atoms with van der Waals surface area (Å²) in [5.41, 5.74) is 1.14. The Labute approximate surface area is 135 Å². The van der Waals surface area contributed by atoms with E-state index < -0.39 is 5.97 Å². The Morgan fingerprint density at radius 1 is 1.45 bits per heavy atom. The molecule has 0 saturated heterocycles. The van der Waals surface area contributed by atoms with Crippen LogP contribution in [0.2, 0.25) is 5.02 Å². The van der Waals surface area contributed by atoms with Crippen LogP contribution in [0.25, 0.3) is 0 Å². The number of methoxy groups -OCH3 is 1. The first kappa shape index (κ1) is 15.4. The van der Waals surface area contributed by atoms with Crippen LogP contribution >= 0.6 is 38.9 Å². The number of nitrogens with one attached hydrogen (secondary N) is 1. The second-order valence-electron chi connectivity index (χ2n) is 4.21. The zero-order valence-corrected chi connectivity index (χ0v) is 14.1. The Balaban J connectivity index is 2.26. The van der Waals surface area contributed by atoms with Crippen LogP contribution < -0.4 is 5.32 Å². The molecule has 1 aromatic carbocycles. The summed E-state index contributed by atoms with van der Waals surface area (Å²) in [6.45, 7) is 2.04. The predicted molar refractivity (Wildman–Crippen MR) is 86.8 cm³/mol. The van der Waals surface area contributed by atoms with Crippen molar-refractivity contribution in [3.05, 3.63) is 49.6 Å². The average molecular weight is 375 g/mol. The molecular weight excluding hydrogens is 362 g/mol. The van der Waals surface area contributed by atoms with Gasteiger partial charge in [0.2, 0.25) is 0 Å². The summed E-state index contributed by atoms with van der Waals surface area (Å²) in [6.07, 6.45) is 0. The number of carbonyl (C=O) groups excluding carboxylic acids is 1. The SMILES string of the molecule is COC(=O)c1cc(Cl)ccc1NC(C)c1cc(Br)cs1. The number of ether oxygens (including phenoxy) is 1. The smallest absolute Gasteiger partial charge is 0.340 e. The summed E-state index contributed by atoms with van der Waals surface area (Å²) in [5, 5.41) is 5.84. The van der Waals surface area contributed by atoms with E-state index in [0.29, 0.717) is 16.3 Å². The van der Waals surface area contributed by atoms with E-state index in [-0.39, 0.29) is 6.04 Å². The Kier molecular flexibility index (Phi) is 5.07. The van der Waals surface area contributed by atoms with Gasteiger partial charge in [0.25, 0.3) is 0 Å². The molecular formula is C14H13BrClNO2S. The molecule has 1 unspecified atom stereocenters. The van der Waals surface area contributed by atoms with Crippen molar-refractivity contribution in [2.45, 2.75) is 13.0 Å². The van der Waals surface area contributed by atoms with E-state index in [1.54, 1.807) is 29.5 Å². The molecule has 0 radical (unpaired) electrons. The molecule has 1 N–H and O–H groups in total. The zero-order chi connectivity index (χ0) is 14.7. The third-order valence-corrected chi connectivity index (χ3v) is 4.88. The van der Waals surface area contributed by atoms with Gasteiger partial charge >= 0.3 is 5.97 Å². The molecule has 6 heteroatoms. The fourth-order valence-corrected chi connectivity index (χ4v) is 3.41. The van der Waals surface area contributed by atoms with E-state index in [4.69, 9.17) is 16.3 Å². The first-order valence-electron chi connectivity index (χ1n) is 5.89. The molecule has 0 amide bonds. The van der Waals surface area contributed by atoms with Gasteiger partial charge in [-0.15, -0.1) is 11.3 Å². The Bertz CT molecular complexity index is 629. The molecule has 1 atom stereocenters. The molecule has 0 bridgehead atoms. The molecule has 106 valence electrons. The van der Waals surface area contributed by atoms with Crippen LogP contribution in [-0.4, -0.2) is 13.1 Å². The summed E-state index contributed by atoms with van der Waals surface area (Å²) in [7, 11) is 1.35. The number of carbonyl (C=O) groups is 1. The number of halogens is 2. The van der Waals surface area contributed by atoms with Gasteiger partial charge in [-0.25, -0.2) is 4.79 Å². The Morgan fingerprint density at radius 2 is 2.20 bits per heavy atom. The highest BCUT2D eigenvalue weighted by Crippen LogP contribution is 2.30. The Morgan fingerprint density at radius 3 is 2.80 bits per heavy atom. The number of hydrogen-bond acceptors (Lipinski definition) is 4. The highest BCUT2D eigenvalue weighted by molar-refractivity contribution is 9.10. The summed E-state index contributed by atoms with van der Waals surface area (Å²) in [6, 6.07) is 7.26. The van der Waals surface area contributed by atoms with E-state index >= 15 is 0 Å². The van der Waals surface area contributed by atoms with Crippen molar-refractivity contribution in [1.29, 1.82) is 0 Å². The maximum Gasteiger partial charge on any atom is 0.340 e. The highest BCUT2D eigenvalue weighted by Gasteiger charge is 2.15. The molecule has 0 aliphatic carbocycles. The molecule has 1 aromatic heterocycles. The topological polar surface area (TPSA) is 38.3 Å². The minimum Gasteiger partial charge on any atom is -0.465 e. The number of rotatable bonds is 4. The lowest BCUT2D eigenvalue weighted by Gasteiger charge is -2.16. The van der Waals surface area contributed by atoms with Gasteiger partial charge in [-0.05, 0) is 47.1 Å². The van der Waals surface area contributed by atoms with Gasteiger partial charge in [-0.2, -0.15) is 0 Å². The first-order chi connectivity index (χ1) is 9.51. The zero-order valence-electron chi connectivity index (χ0n) is 10.9. The van der Waals surface area contributed by atoms with E-state index in [9.17, 15) is 4.79 Å². The maximum absolute atomic E-state index is 11.8. The fraction of sp³-hybridized carbons (Fsp3) is 0.214. The number of esters is 1. The molecule has 0 spiro atoms. The molecule has 0 aliphatic rings. The molecule has 3 nitrogen and oxygen atoms in total. The lowest BCUT2D eigenvalue weighted by Crippen LogP contribution is -2.11. The van der Waals surface area contributed by atoms with Gasteiger partial charge in [0.1, 0.15) is 0 Å². The second kappa shape index (κ2) is 6.61. The van der Waals surface area contributed by atoms with Crippen molar-refractivity contribution < 1.29 is 9.53 Å². The molecule has 1 heterocycles. The van der Waals surface area contributed by atoms with Gasteiger partial charge in [0.05, 0.1) is 18.7 Å². The van der Waals surface area contributed by atoms with Crippen LogP contribution in [0.5, 0.6) is 0 Å². The van der Waals surface area contributed by atoms with Crippen molar-refractivity contribution in [3.8, 4) is 0 Å². The van der Waals surface area contributed by atoms with Crippen LogP contribution in [0.3, 0.4) is 0 Å². The second-order valence-corrected chi connectivity index (χ2v) is 6.51. The molecule has 2 rings (SSSR count). The molecule has 0 aliphatic heterocycles. The quantitative estimate of drug-likeness (QED) is 0.754. The maximum atomic E-state index is 11.8. The molecule has 0 fully saturated rings. The molecule has 20 heavy (non-hydrogen) atoms. The third-order valence-electron chi connectivity index (χ3n) is 2.77. The van der Waals surface area contributed by atoms with E-state index in [2.05, 4.69) is 27.3 Å². The minimum atomic E-state index is -0.408. The molecule has 0 saturated carbocycles. The standard InChI is InChI=1S/C14H13BrClNO2S/c1-8(13-5-9(15)7-20-13)17-12-4-3-10(16)6-11(12)14(18)19-2/h3-8,17H,1-2H3. The number of hydrogen-bond donors (Lipinski definition) is 1. The van der Waals surface area contributed by atoms with Crippen molar-refractivity contribution in [2.24, 2.45) is 0 Å². The normalized spacial score (nSPS) is 12.0. The van der Waals surface area contributed by atoms with Gasteiger partial charge in [0, 0.05) is 25.4 Å². The summed E-state index contributed by atoms with van der Waals surface area (Å²) < 4.78 is 5.83. The average Bonchev–Trinajstić information content (AvgIpc) is 2.86. The van der Waals surface area contributed by atoms with Crippen molar-refractivity contribution >= 4 is 50.5 Å². The van der Waals surface area contributed by atoms with Crippen molar-refractivity contribution in [3.63, 3.8) is 0 Å². The lowest BCUT2D eigenvalue weighted by atomic mass is 10.1. The fourth-order valence-electron chi connectivity index (χ4n) is 1.78. The van der Waals surface area contributed by atoms with Crippen molar-refractivity contribution in [1.82, 2.24) is 0 Å². The van der Waals surface area contributed by atoms with Crippen LogP contribution in [0, 0.1) is 0 Å². The number of thiophene rings is 1. The highest BCUT2D eigenvalue weighted by atomic mass is 79.9. The number of benzene rings is 1. The van der Waals surface area contributed by atoms with Gasteiger partial charge in [0.15, 0.2) is 0 Å². The lowest BCUT2D eigenvalue weighted by molar-refractivity contribution is 0.0602. The monoisotopic (exact) mass is 373 g/mol. The Hall–Kier alpha value is -1.04. The molecule has 2 aromatic rings. The van der Waals surface area contributed by atoms with Crippen LogP contribution in [0.15, 0.2) is 34.1 Å². The predicted octanol–water partition coefficient (Wildman–Crippen LogP) is 5.12. The largest absolute Gasteiger partial charge is 0.465 e. The summed E-state index contributed by atoms with van der Waals surface area (Å²) in [5.74, 6) is -0.408. The van der Waals surface area contributed by atoms with E-state index in [1.807, 2.05) is 12.3 Å². The number of anilines is 1.